The number of imidazole rings is 1. The summed E-state index contributed by atoms with van der Waals surface area (Å²) in [5.74, 6) is 0.393. The van der Waals surface area contributed by atoms with Crippen LogP contribution in [0.5, 0.6) is 0 Å². The topological polar surface area (TPSA) is 52.2 Å². The Morgan fingerprint density at radius 1 is 1.32 bits per heavy atom. The van der Waals surface area contributed by atoms with Crippen molar-refractivity contribution in [3.05, 3.63) is 69.7 Å². The fourth-order valence-corrected chi connectivity index (χ4v) is 3.77. The first kappa shape index (κ1) is 16.0. The minimum atomic E-state index is -0.301. The van der Waals surface area contributed by atoms with E-state index in [1.165, 1.54) is 17.4 Å². The Balaban J connectivity index is 1.64. The molecule has 25 heavy (non-hydrogen) atoms. The molecule has 0 saturated carbocycles. The summed E-state index contributed by atoms with van der Waals surface area (Å²) >= 11 is 1.36. The molecule has 5 nitrogen and oxygen atoms in total. The average molecular weight is 356 g/mol. The minimum Gasteiger partial charge on any atom is -0.324 e. The van der Waals surface area contributed by atoms with Gasteiger partial charge in [0.15, 0.2) is 4.80 Å². The lowest BCUT2D eigenvalue weighted by Gasteiger charge is -2.14. The van der Waals surface area contributed by atoms with Crippen molar-refractivity contribution in [2.75, 3.05) is 0 Å². The van der Waals surface area contributed by atoms with E-state index in [2.05, 4.69) is 9.98 Å². The van der Waals surface area contributed by atoms with Gasteiger partial charge < -0.3 is 9.13 Å². The number of aryl methyl sites for hydroxylation is 1. The Kier molecular flexibility index (Phi) is 4.31. The fraction of sp³-hybridized carbons (Fsp3) is 0.278. The Hall–Kier alpha value is -2.54. The molecule has 1 aliphatic heterocycles. The average Bonchev–Trinajstić information content (AvgIpc) is 3.24. The van der Waals surface area contributed by atoms with Crippen molar-refractivity contribution in [3.8, 4) is 0 Å². The summed E-state index contributed by atoms with van der Waals surface area (Å²) in [6.07, 6.45) is 6.49. The van der Waals surface area contributed by atoms with E-state index in [4.69, 9.17) is 0 Å². The minimum absolute atomic E-state index is 0.261. The molecule has 7 heteroatoms. The van der Waals surface area contributed by atoms with E-state index >= 15 is 0 Å². The maximum atomic E-state index is 13.9. The van der Waals surface area contributed by atoms with Crippen LogP contribution in [0.1, 0.15) is 34.7 Å². The van der Waals surface area contributed by atoms with Crippen LogP contribution in [0.25, 0.3) is 0 Å². The number of nitrogens with zero attached hydrogens (tertiary/aromatic N) is 4. The standard InChI is InChI=1S/C18H17FN4OS/c19-14-6-2-1-5-13(14)12-22-9-10-25-18(22)21-17(24)15-11-20-16-7-3-4-8-23(15)16/h1-2,5-6,9-11H,3-4,7-8,12H2. The van der Waals surface area contributed by atoms with Crippen LogP contribution >= 0.6 is 11.3 Å². The summed E-state index contributed by atoms with van der Waals surface area (Å²) in [5.41, 5.74) is 1.09. The molecule has 0 radical (unpaired) electrons. The number of thiazole rings is 1. The molecule has 1 aliphatic rings. The smallest absolute Gasteiger partial charge is 0.297 e. The molecule has 0 bridgehead atoms. The second kappa shape index (κ2) is 6.76. The summed E-state index contributed by atoms with van der Waals surface area (Å²) in [6.45, 7) is 1.15. The van der Waals surface area contributed by atoms with Crippen LogP contribution in [-0.2, 0) is 19.5 Å². The number of rotatable bonds is 3. The molecule has 0 saturated heterocycles. The van der Waals surface area contributed by atoms with Crippen molar-refractivity contribution >= 4 is 17.2 Å². The molecular weight excluding hydrogens is 339 g/mol. The SMILES string of the molecule is O=C(N=c1sccn1Cc1ccccc1F)c1cnc2n1CCCC2. The Labute approximate surface area is 148 Å². The normalized spacial score (nSPS) is 14.5. The number of aromatic nitrogens is 3. The van der Waals surface area contributed by atoms with Crippen molar-refractivity contribution in [2.45, 2.75) is 32.4 Å². The molecule has 0 spiro atoms. The van der Waals surface area contributed by atoms with Gasteiger partial charge in [-0.3, -0.25) is 4.79 Å². The molecule has 1 amide bonds. The predicted molar refractivity (Wildman–Crippen MR) is 92.9 cm³/mol. The second-order valence-electron chi connectivity index (χ2n) is 5.99. The number of hydrogen-bond acceptors (Lipinski definition) is 3. The molecule has 0 unspecified atom stereocenters. The van der Waals surface area contributed by atoms with Gasteiger partial charge in [-0.2, -0.15) is 4.99 Å². The number of fused-ring (bicyclic) bond motifs is 1. The Bertz CT molecular complexity index is 985. The highest BCUT2D eigenvalue weighted by Gasteiger charge is 2.18. The molecule has 3 heterocycles. The quantitative estimate of drug-likeness (QED) is 0.724. The zero-order chi connectivity index (χ0) is 17.2. The summed E-state index contributed by atoms with van der Waals surface area (Å²) in [4.78, 5) is 21.8. The van der Waals surface area contributed by atoms with Gasteiger partial charge in [-0.1, -0.05) is 18.2 Å². The summed E-state index contributed by atoms with van der Waals surface area (Å²) in [5, 5.41) is 1.85. The van der Waals surface area contributed by atoms with E-state index in [-0.39, 0.29) is 11.7 Å². The first-order valence-electron chi connectivity index (χ1n) is 8.23. The van der Waals surface area contributed by atoms with Crippen LogP contribution < -0.4 is 4.80 Å². The number of carbonyl (C=O) groups excluding carboxylic acids is 1. The van der Waals surface area contributed by atoms with E-state index in [1.807, 2.05) is 16.1 Å². The molecule has 4 rings (SSSR count). The first-order valence-corrected chi connectivity index (χ1v) is 9.11. The number of amides is 1. The molecule has 1 aromatic carbocycles. The monoisotopic (exact) mass is 356 g/mol. The third kappa shape index (κ3) is 3.19. The highest BCUT2D eigenvalue weighted by Crippen LogP contribution is 2.16. The maximum absolute atomic E-state index is 13.9. The van der Waals surface area contributed by atoms with Crippen molar-refractivity contribution < 1.29 is 9.18 Å². The molecule has 3 aromatic rings. The van der Waals surface area contributed by atoms with E-state index in [9.17, 15) is 9.18 Å². The molecule has 2 aromatic heterocycles. The Morgan fingerprint density at radius 3 is 3.08 bits per heavy atom. The number of hydrogen-bond donors (Lipinski definition) is 0. The van der Waals surface area contributed by atoms with Crippen molar-refractivity contribution in [3.63, 3.8) is 0 Å². The Morgan fingerprint density at radius 2 is 2.20 bits per heavy atom. The van der Waals surface area contributed by atoms with Gasteiger partial charge in [0.1, 0.15) is 17.3 Å². The van der Waals surface area contributed by atoms with Crippen LogP contribution in [0.2, 0.25) is 0 Å². The van der Waals surface area contributed by atoms with Crippen molar-refractivity contribution in [1.29, 1.82) is 0 Å². The van der Waals surface area contributed by atoms with Crippen LogP contribution in [0.4, 0.5) is 4.39 Å². The molecule has 0 atom stereocenters. The molecule has 0 fully saturated rings. The van der Waals surface area contributed by atoms with Gasteiger partial charge in [0.25, 0.3) is 5.91 Å². The van der Waals surface area contributed by atoms with Crippen LogP contribution in [0, 0.1) is 5.82 Å². The van der Waals surface area contributed by atoms with E-state index in [0.29, 0.717) is 22.6 Å². The maximum Gasteiger partial charge on any atom is 0.297 e. The molecule has 0 N–H and O–H groups in total. The molecular formula is C18H17FN4OS. The van der Waals surface area contributed by atoms with Gasteiger partial charge in [-0.25, -0.2) is 9.37 Å². The lowest BCUT2D eigenvalue weighted by molar-refractivity contribution is 0.0988. The second-order valence-corrected chi connectivity index (χ2v) is 6.86. The summed E-state index contributed by atoms with van der Waals surface area (Å²) in [7, 11) is 0. The number of benzene rings is 1. The van der Waals surface area contributed by atoms with Gasteiger partial charge in [0.2, 0.25) is 0 Å². The van der Waals surface area contributed by atoms with Crippen LogP contribution in [0.3, 0.4) is 0 Å². The highest BCUT2D eigenvalue weighted by atomic mass is 32.1. The van der Waals surface area contributed by atoms with E-state index < -0.39 is 0 Å². The molecule has 128 valence electrons. The summed E-state index contributed by atoms with van der Waals surface area (Å²) in [6, 6.07) is 6.63. The highest BCUT2D eigenvalue weighted by molar-refractivity contribution is 7.07. The zero-order valence-corrected chi connectivity index (χ0v) is 14.4. The third-order valence-corrected chi connectivity index (χ3v) is 5.14. The van der Waals surface area contributed by atoms with Crippen LogP contribution in [0.15, 0.2) is 47.0 Å². The summed E-state index contributed by atoms with van der Waals surface area (Å²) < 4.78 is 17.6. The lowest BCUT2D eigenvalue weighted by Crippen LogP contribution is -2.20. The third-order valence-electron chi connectivity index (χ3n) is 4.35. The van der Waals surface area contributed by atoms with E-state index in [1.54, 1.807) is 29.0 Å². The van der Waals surface area contributed by atoms with Crippen molar-refractivity contribution in [2.24, 2.45) is 4.99 Å². The lowest BCUT2D eigenvalue weighted by atomic mass is 10.1. The van der Waals surface area contributed by atoms with Crippen molar-refractivity contribution in [1.82, 2.24) is 14.1 Å². The van der Waals surface area contributed by atoms with Gasteiger partial charge in [-0.05, 0) is 18.9 Å². The van der Waals surface area contributed by atoms with E-state index in [0.717, 1.165) is 31.6 Å². The van der Waals surface area contributed by atoms with Crippen LogP contribution in [-0.4, -0.2) is 20.0 Å². The number of carbonyl (C=O) groups is 1. The predicted octanol–water partition coefficient (Wildman–Crippen LogP) is 3.01. The van der Waals surface area contributed by atoms with Gasteiger partial charge in [-0.15, -0.1) is 11.3 Å². The largest absolute Gasteiger partial charge is 0.324 e. The molecule has 0 aliphatic carbocycles. The first-order chi connectivity index (χ1) is 12.2. The number of halogens is 1. The zero-order valence-electron chi connectivity index (χ0n) is 13.6. The van der Waals surface area contributed by atoms with Gasteiger partial charge in [0.05, 0.1) is 12.7 Å². The fourth-order valence-electron chi connectivity index (χ4n) is 3.05. The van der Waals surface area contributed by atoms with Gasteiger partial charge >= 0.3 is 0 Å². The van der Waals surface area contributed by atoms with Gasteiger partial charge in [0, 0.05) is 30.1 Å².